The van der Waals surface area contributed by atoms with Crippen LogP contribution in [0.25, 0.3) is 0 Å². The molecular weight excluding hydrogens is 709 g/mol. The fourth-order valence-corrected chi connectivity index (χ4v) is 5.00. The van der Waals surface area contributed by atoms with E-state index in [1.165, 1.54) is 0 Å². The molecule has 0 bridgehead atoms. The fourth-order valence-electron chi connectivity index (χ4n) is 5.00. The zero-order chi connectivity index (χ0) is 41.9. The molecule has 310 valence electrons. The van der Waals surface area contributed by atoms with Crippen LogP contribution in [-0.4, -0.2) is 76.5 Å². The van der Waals surface area contributed by atoms with Gasteiger partial charge < -0.3 is 39.4 Å². The molecule has 4 aromatic rings. The van der Waals surface area contributed by atoms with E-state index in [0.717, 1.165) is 30.0 Å². The van der Waals surface area contributed by atoms with Crippen LogP contribution in [0.1, 0.15) is 68.7 Å². The van der Waals surface area contributed by atoms with E-state index in [1.54, 1.807) is 0 Å². The number of aliphatic hydroxyl groups is 4. The number of rotatable bonds is 18. The normalized spacial score (nSPS) is 13.9. The molecule has 0 spiro atoms. The van der Waals surface area contributed by atoms with Crippen LogP contribution in [0, 0.1) is 23.7 Å². The summed E-state index contributed by atoms with van der Waals surface area (Å²) in [5.74, 6) is 4.08. The van der Waals surface area contributed by atoms with E-state index in [4.69, 9.17) is 29.2 Å². The molecule has 0 aromatic heterocycles. The summed E-state index contributed by atoms with van der Waals surface area (Å²) in [5.41, 5.74) is 0. The quantitative estimate of drug-likeness (QED) is 0.0733. The molecule has 0 radical (unpaired) electrons. The Bertz CT molecular complexity index is 1430. The van der Waals surface area contributed by atoms with Crippen LogP contribution in [0.5, 0.6) is 23.0 Å². The van der Waals surface area contributed by atoms with Gasteiger partial charge in [0.05, 0.1) is 19.3 Å². The monoisotopic (exact) mass is 776 g/mol. The second kappa shape index (κ2) is 28.9. The number of carbonyl (C=O) groups excluding carboxylic acids is 1. The van der Waals surface area contributed by atoms with E-state index in [0.29, 0.717) is 17.6 Å². The largest absolute Gasteiger partial charge is 0.488 e. The zero-order valence-electron chi connectivity index (χ0n) is 34.8. The maximum atomic E-state index is 10.6. The van der Waals surface area contributed by atoms with Gasteiger partial charge in [0, 0.05) is 0 Å². The predicted molar refractivity (Wildman–Crippen MR) is 225 cm³/mol. The Kier molecular flexibility index (Phi) is 25.6. The third-order valence-corrected chi connectivity index (χ3v) is 8.47. The lowest BCUT2D eigenvalue weighted by Gasteiger charge is -2.26. The van der Waals surface area contributed by atoms with E-state index in [-0.39, 0.29) is 49.5 Å². The van der Waals surface area contributed by atoms with Crippen molar-refractivity contribution in [3.8, 4) is 23.0 Å². The van der Waals surface area contributed by atoms with Gasteiger partial charge in [-0.15, -0.1) is 0 Å². The van der Waals surface area contributed by atoms with Gasteiger partial charge in [-0.05, 0) is 78.6 Å². The Morgan fingerprint density at radius 2 is 0.804 bits per heavy atom. The van der Waals surface area contributed by atoms with Crippen molar-refractivity contribution in [2.75, 3.05) is 13.2 Å². The zero-order valence-corrected chi connectivity index (χ0v) is 34.8. The molecule has 0 amide bonds. The Labute approximate surface area is 336 Å². The second-order valence-corrected chi connectivity index (χ2v) is 14.7. The molecule has 9 heteroatoms. The third-order valence-electron chi connectivity index (χ3n) is 8.47. The first kappa shape index (κ1) is 49.6. The Morgan fingerprint density at radius 1 is 0.464 bits per heavy atom. The van der Waals surface area contributed by atoms with Crippen LogP contribution >= 0.6 is 0 Å². The molecule has 0 aliphatic heterocycles. The smallest absolute Gasteiger partial charge is 0.160 e. The molecule has 9 nitrogen and oxygen atoms in total. The van der Waals surface area contributed by atoms with E-state index in [9.17, 15) is 15.0 Å². The standard InChI is InChI=1S/C13H20O2.C12H18O3.C11H16O2.C11H14O2/c1-4-12(14)13(10(2)3)15-11-8-6-5-7-9-11;1-9(2)12(11(14)8-13)15-10-6-4-3-5-7-10;2*1-9(2)11(8-12)13-10-6-4-3-5-7-10/h5-10,12-14H,4H2,1-3H3;3-7,9,11-14H,8H2,1-2H3;3-7,9,11-12H,8H2,1-2H3;3-9,11H,1-2H3/t12-,13+;11-,12-;2*11-/m0100/s1. The van der Waals surface area contributed by atoms with Gasteiger partial charge in [-0.25, -0.2) is 0 Å². The summed E-state index contributed by atoms with van der Waals surface area (Å²) in [4.78, 5) is 10.6. The fraction of sp³-hybridized carbons (Fsp3) is 0.468. The molecule has 4 N–H and O–H groups in total. The minimum atomic E-state index is -0.842. The number of para-hydroxylation sites is 4. The Hall–Kier alpha value is -4.41. The number of hydrogen-bond donors (Lipinski definition) is 4. The highest BCUT2D eigenvalue weighted by atomic mass is 16.5. The van der Waals surface area contributed by atoms with Crippen molar-refractivity contribution in [3.63, 3.8) is 0 Å². The summed E-state index contributed by atoms with van der Waals surface area (Å²) < 4.78 is 22.4. The van der Waals surface area contributed by atoms with E-state index < -0.39 is 12.2 Å². The SMILES string of the molecule is CC(C)[C@@H](Oc1ccccc1)[C@H](O)CO.CC(C)[C@H](C=O)Oc1ccccc1.CC(C)[C@H](CO)Oc1ccccc1.CC[C@H](O)[C@H](Oc1ccccc1)C(C)C. The Balaban J connectivity index is 0.000000374. The molecule has 4 rings (SSSR count). The lowest BCUT2D eigenvalue weighted by atomic mass is 10.00. The first-order valence-corrected chi connectivity index (χ1v) is 19.7. The minimum Gasteiger partial charge on any atom is -0.488 e. The van der Waals surface area contributed by atoms with E-state index in [2.05, 4.69) is 13.8 Å². The topological polar surface area (TPSA) is 135 Å². The van der Waals surface area contributed by atoms with Gasteiger partial charge in [0.2, 0.25) is 0 Å². The maximum absolute atomic E-state index is 10.6. The molecule has 6 atom stereocenters. The lowest BCUT2D eigenvalue weighted by Crippen LogP contribution is -2.38. The van der Waals surface area contributed by atoms with Crippen molar-refractivity contribution in [1.82, 2.24) is 0 Å². The summed E-state index contributed by atoms with van der Waals surface area (Å²) in [6, 6.07) is 37.9. The molecule has 4 aromatic carbocycles. The summed E-state index contributed by atoms with van der Waals surface area (Å²) in [6.07, 6.45) is -0.636. The van der Waals surface area contributed by atoms with Crippen molar-refractivity contribution < 1.29 is 44.2 Å². The number of aliphatic hydroxyl groups excluding tert-OH is 4. The van der Waals surface area contributed by atoms with Crippen molar-refractivity contribution in [3.05, 3.63) is 121 Å². The molecule has 0 saturated carbocycles. The number of carbonyl (C=O) groups is 1. The van der Waals surface area contributed by atoms with Gasteiger partial charge in [-0.3, -0.25) is 4.79 Å². The van der Waals surface area contributed by atoms with Crippen molar-refractivity contribution in [1.29, 1.82) is 0 Å². The van der Waals surface area contributed by atoms with Crippen molar-refractivity contribution in [2.45, 2.75) is 105 Å². The van der Waals surface area contributed by atoms with Crippen LogP contribution in [0.3, 0.4) is 0 Å². The summed E-state index contributed by atoms with van der Waals surface area (Å²) >= 11 is 0. The van der Waals surface area contributed by atoms with E-state index in [1.807, 2.05) is 170 Å². The summed E-state index contributed by atoms with van der Waals surface area (Å²) in [7, 11) is 0. The van der Waals surface area contributed by atoms with Gasteiger partial charge in [-0.2, -0.15) is 0 Å². The van der Waals surface area contributed by atoms with Crippen LogP contribution in [-0.2, 0) is 4.79 Å². The lowest BCUT2D eigenvalue weighted by molar-refractivity contribution is -0.115. The van der Waals surface area contributed by atoms with Crippen LogP contribution in [0.15, 0.2) is 121 Å². The van der Waals surface area contributed by atoms with Gasteiger partial charge >= 0.3 is 0 Å². The predicted octanol–water partition coefficient (Wildman–Crippen LogP) is 8.68. The van der Waals surface area contributed by atoms with Gasteiger partial charge in [-0.1, -0.05) is 135 Å². The molecule has 0 aliphatic carbocycles. The molecule has 0 saturated heterocycles. The first-order valence-electron chi connectivity index (χ1n) is 19.7. The first-order chi connectivity index (χ1) is 26.8. The number of ether oxygens (including phenoxy) is 4. The molecule has 0 aliphatic rings. The number of benzene rings is 4. The molecule has 0 fully saturated rings. The highest BCUT2D eigenvalue weighted by Gasteiger charge is 2.24. The number of hydrogen-bond acceptors (Lipinski definition) is 9. The van der Waals surface area contributed by atoms with E-state index >= 15 is 0 Å². The summed E-state index contributed by atoms with van der Waals surface area (Å²) in [6.45, 7) is 17.8. The second-order valence-electron chi connectivity index (χ2n) is 14.7. The van der Waals surface area contributed by atoms with Crippen LogP contribution in [0.2, 0.25) is 0 Å². The highest BCUT2D eigenvalue weighted by Crippen LogP contribution is 2.20. The third kappa shape index (κ3) is 20.5. The maximum Gasteiger partial charge on any atom is 0.160 e. The molecule has 0 unspecified atom stereocenters. The Morgan fingerprint density at radius 3 is 1.07 bits per heavy atom. The highest BCUT2D eigenvalue weighted by molar-refractivity contribution is 5.57. The van der Waals surface area contributed by atoms with Gasteiger partial charge in [0.1, 0.15) is 47.4 Å². The number of aldehydes is 1. The van der Waals surface area contributed by atoms with Crippen LogP contribution in [0.4, 0.5) is 0 Å². The average molecular weight is 777 g/mol. The van der Waals surface area contributed by atoms with Gasteiger partial charge in [0.15, 0.2) is 12.4 Å². The molecule has 0 heterocycles. The average Bonchev–Trinajstić information content (AvgIpc) is 3.21. The summed E-state index contributed by atoms with van der Waals surface area (Å²) in [5, 5.41) is 37.3. The van der Waals surface area contributed by atoms with Crippen LogP contribution < -0.4 is 18.9 Å². The minimum absolute atomic E-state index is 0.0621. The van der Waals surface area contributed by atoms with Crippen molar-refractivity contribution in [2.24, 2.45) is 23.7 Å². The van der Waals surface area contributed by atoms with Gasteiger partial charge in [0.25, 0.3) is 0 Å². The van der Waals surface area contributed by atoms with Crippen molar-refractivity contribution >= 4 is 6.29 Å². The molecular formula is C47H68O9. The molecule has 56 heavy (non-hydrogen) atoms.